The van der Waals surface area contributed by atoms with E-state index in [1.54, 1.807) is 0 Å². The molecule has 0 aliphatic carbocycles. The fourth-order valence-electron chi connectivity index (χ4n) is 2.93. The molecule has 3 nitrogen and oxygen atoms in total. The Morgan fingerprint density at radius 1 is 1.32 bits per heavy atom. The Hall–Kier alpha value is -1.51. The number of rotatable bonds is 5. The number of anilines is 2. The number of hydrogen-bond donors (Lipinski definition) is 1. The van der Waals surface area contributed by atoms with Crippen LogP contribution in [0, 0.1) is 5.92 Å². The zero-order valence-corrected chi connectivity index (χ0v) is 12.0. The minimum atomic E-state index is 0.169. The normalized spacial score (nSPS) is 13.9. The van der Waals surface area contributed by atoms with Gasteiger partial charge in [-0.3, -0.25) is 4.79 Å². The Morgan fingerprint density at radius 2 is 2.00 bits per heavy atom. The van der Waals surface area contributed by atoms with E-state index in [2.05, 4.69) is 13.8 Å². The SMILES string of the molecule is CCCC(CCC)C(=O)N1CCc2ccc(N)cc21. The van der Waals surface area contributed by atoms with E-state index < -0.39 is 0 Å². The summed E-state index contributed by atoms with van der Waals surface area (Å²) in [6, 6.07) is 5.91. The van der Waals surface area contributed by atoms with Crippen LogP contribution in [-0.2, 0) is 11.2 Å². The molecule has 0 unspecified atom stereocenters. The summed E-state index contributed by atoms with van der Waals surface area (Å²) in [4.78, 5) is 14.6. The van der Waals surface area contributed by atoms with Crippen LogP contribution in [0.5, 0.6) is 0 Å². The molecule has 0 saturated heterocycles. The Morgan fingerprint density at radius 3 is 2.63 bits per heavy atom. The standard InChI is InChI=1S/C16H24N2O/c1-3-5-13(6-4-2)16(19)18-10-9-12-7-8-14(17)11-15(12)18/h7-8,11,13H,3-6,9-10,17H2,1-2H3. The van der Waals surface area contributed by atoms with Crippen LogP contribution in [0.3, 0.4) is 0 Å². The molecule has 1 amide bonds. The van der Waals surface area contributed by atoms with Gasteiger partial charge in [0.2, 0.25) is 5.91 Å². The molecular weight excluding hydrogens is 236 g/mol. The van der Waals surface area contributed by atoms with Crippen LogP contribution in [0.2, 0.25) is 0 Å². The van der Waals surface area contributed by atoms with Gasteiger partial charge in [-0.2, -0.15) is 0 Å². The number of nitrogens with two attached hydrogens (primary N) is 1. The van der Waals surface area contributed by atoms with Gasteiger partial charge >= 0.3 is 0 Å². The van der Waals surface area contributed by atoms with E-state index in [4.69, 9.17) is 5.73 Å². The number of fused-ring (bicyclic) bond motifs is 1. The zero-order valence-electron chi connectivity index (χ0n) is 12.0. The van der Waals surface area contributed by atoms with Crippen molar-refractivity contribution < 1.29 is 4.79 Å². The molecule has 2 N–H and O–H groups in total. The average molecular weight is 260 g/mol. The fourth-order valence-corrected chi connectivity index (χ4v) is 2.93. The highest BCUT2D eigenvalue weighted by atomic mass is 16.2. The molecule has 0 fully saturated rings. The molecule has 0 saturated carbocycles. The van der Waals surface area contributed by atoms with Crippen molar-refractivity contribution in [1.29, 1.82) is 0 Å². The molecule has 0 radical (unpaired) electrons. The number of hydrogen-bond acceptors (Lipinski definition) is 2. The monoisotopic (exact) mass is 260 g/mol. The van der Waals surface area contributed by atoms with Crippen LogP contribution in [0.25, 0.3) is 0 Å². The fraction of sp³-hybridized carbons (Fsp3) is 0.562. The molecule has 19 heavy (non-hydrogen) atoms. The molecule has 1 aromatic rings. The maximum atomic E-state index is 12.7. The van der Waals surface area contributed by atoms with Gasteiger partial charge in [-0.15, -0.1) is 0 Å². The quantitative estimate of drug-likeness (QED) is 0.825. The lowest BCUT2D eigenvalue weighted by Crippen LogP contribution is -2.34. The van der Waals surface area contributed by atoms with Gasteiger partial charge < -0.3 is 10.6 Å². The predicted octanol–water partition coefficient (Wildman–Crippen LogP) is 3.37. The highest BCUT2D eigenvalue weighted by Crippen LogP contribution is 2.32. The van der Waals surface area contributed by atoms with Gasteiger partial charge in [-0.25, -0.2) is 0 Å². The molecule has 1 aliphatic heterocycles. The number of carbonyl (C=O) groups is 1. The molecule has 1 aliphatic rings. The number of nitrogens with zero attached hydrogens (tertiary/aromatic N) is 1. The van der Waals surface area contributed by atoms with Crippen molar-refractivity contribution in [3.63, 3.8) is 0 Å². The number of carbonyl (C=O) groups excluding carboxylic acids is 1. The first-order chi connectivity index (χ1) is 9.17. The minimum Gasteiger partial charge on any atom is -0.399 e. The van der Waals surface area contributed by atoms with Crippen molar-refractivity contribution in [1.82, 2.24) is 0 Å². The summed E-state index contributed by atoms with van der Waals surface area (Å²) in [7, 11) is 0. The second-order valence-electron chi connectivity index (χ2n) is 5.40. The minimum absolute atomic E-state index is 0.169. The molecule has 104 valence electrons. The van der Waals surface area contributed by atoms with Crippen LogP contribution in [0.15, 0.2) is 18.2 Å². The topological polar surface area (TPSA) is 46.3 Å². The first kappa shape index (κ1) is 13.9. The number of amides is 1. The smallest absolute Gasteiger partial charge is 0.230 e. The van der Waals surface area contributed by atoms with E-state index in [0.29, 0.717) is 0 Å². The van der Waals surface area contributed by atoms with Crippen LogP contribution in [-0.4, -0.2) is 12.5 Å². The van der Waals surface area contributed by atoms with Crippen LogP contribution >= 0.6 is 0 Å². The summed E-state index contributed by atoms with van der Waals surface area (Å²) in [6.07, 6.45) is 5.05. The van der Waals surface area contributed by atoms with Gasteiger partial charge in [0.05, 0.1) is 0 Å². The molecule has 3 heteroatoms. The van der Waals surface area contributed by atoms with E-state index in [0.717, 1.165) is 50.0 Å². The highest BCUT2D eigenvalue weighted by Gasteiger charge is 2.29. The number of benzene rings is 1. The maximum Gasteiger partial charge on any atom is 0.230 e. The van der Waals surface area contributed by atoms with E-state index in [9.17, 15) is 4.79 Å². The molecule has 0 bridgehead atoms. The third kappa shape index (κ3) is 2.91. The summed E-state index contributed by atoms with van der Waals surface area (Å²) >= 11 is 0. The van der Waals surface area contributed by atoms with E-state index in [1.165, 1.54) is 5.56 Å². The third-order valence-electron chi connectivity index (χ3n) is 3.89. The van der Waals surface area contributed by atoms with Crippen molar-refractivity contribution in [2.24, 2.45) is 5.92 Å². The van der Waals surface area contributed by atoms with Gasteiger partial charge in [0.15, 0.2) is 0 Å². The summed E-state index contributed by atoms with van der Waals surface area (Å²) in [5.74, 6) is 0.454. The molecule has 0 spiro atoms. The summed E-state index contributed by atoms with van der Waals surface area (Å²) in [5.41, 5.74) is 8.86. The van der Waals surface area contributed by atoms with Crippen molar-refractivity contribution in [2.45, 2.75) is 46.0 Å². The Balaban J connectivity index is 2.19. The Labute approximate surface area is 115 Å². The summed E-state index contributed by atoms with van der Waals surface area (Å²) in [6.45, 7) is 5.10. The van der Waals surface area contributed by atoms with E-state index in [1.807, 2.05) is 23.1 Å². The number of nitrogen functional groups attached to an aromatic ring is 1. The molecule has 2 rings (SSSR count). The van der Waals surface area contributed by atoms with Crippen LogP contribution < -0.4 is 10.6 Å². The van der Waals surface area contributed by atoms with Crippen LogP contribution in [0.4, 0.5) is 11.4 Å². The van der Waals surface area contributed by atoms with Gasteiger partial charge in [0, 0.05) is 23.8 Å². The second-order valence-corrected chi connectivity index (χ2v) is 5.40. The summed E-state index contributed by atoms with van der Waals surface area (Å²) in [5, 5.41) is 0. The molecule has 0 atom stereocenters. The van der Waals surface area contributed by atoms with Gasteiger partial charge in [0.1, 0.15) is 0 Å². The molecular formula is C16H24N2O. The van der Waals surface area contributed by atoms with E-state index >= 15 is 0 Å². The van der Waals surface area contributed by atoms with Gasteiger partial charge in [-0.05, 0) is 37.0 Å². The summed E-state index contributed by atoms with van der Waals surface area (Å²) < 4.78 is 0. The Bertz CT molecular complexity index is 450. The zero-order chi connectivity index (χ0) is 13.8. The van der Waals surface area contributed by atoms with Crippen molar-refractivity contribution in [3.8, 4) is 0 Å². The lowest BCUT2D eigenvalue weighted by atomic mass is 9.96. The third-order valence-corrected chi connectivity index (χ3v) is 3.89. The largest absolute Gasteiger partial charge is 0.399 e. The first-order valence-electron chi connectivity index (χ1n) is 7.37. The van der Waals surface area contributed by atoms with Gasteiger partial charge in [0.25, 0.3) is 0 Å². The second kappa shape index (κ2) is 6.09. The maximum absolute atomic E-state index is 12.7. The lowest BCUT2D eigenvalue weighted by molar-refractivity contribution is -0.122. The first-order valence-corrected chi connectivity index (χ1v) is 7.37. The molecule has 1 heterocycles. The van der Waals surface area contributed by atoms with Gasteiger partial charge in [-0.1, -0.05) is 32.8 Å². The highest BCUT2D eigenvalue weighted by molar-refractivity contribution is 5.97. The van der Waals surface area contributed by atoms with Crippen LogP contribution in [0.1, 0.15) is 45.1 Å². The van der Waals surface area contributed by atoms with E-state index in [-0.39, 0.29) is 11.8 Å². The lowest BCUT2D eigenvalue weighted by Gasteiger charge is -2.24. The van der Waals surface area contributed by atoms with Crippen molar-refractivity contribution in [3.05, 3.63) is 23.8 Å². The predicted molar refractivity (Wildman–Crippen MR) is 80.2 cm³/mol. The average Bonchev–Trinajstić information content (AvgIpc) is 2.80. The van der Waals surface area contributed by atoms with Crippen molar-refractivity contribution >= 4 is 17.3 Å². The molecule has 0 aromatic heterocycles. The molecule has 1 aromatic carbocycles. The Kier molecular flexibility index (Phi) is 4.46. The van der Waals surface area contributed by atoms with Crippen molar-refractivity contribution in [2.75, 3.05) is 17.2 Å².